The minimum Gasteiger partial charge on any atom is -0.373 e. The number of hydrogen-bond acceptors (Lipinski definition) is 6. The van der Waals surface area contributed by atoms with Crippen molar-refractivity contribution in [1.29, 1.82) is 0 Å². The second-order valence-corrected chi connectivity index (χ2v) is 6.30. The van der Waals surface area contributed by atoms with Crippen molar-refractivity contribution in [3.63, 3.8) is 0 Å². The Bertz CT molecular complexity index is 713. The number of hydrogen-bond donors (Lipinski definition) is 0. The molecule has 0 saturated carbocycles. The maximum absolute atomic E-state index is 12.8. The first-order valence-corrected chi connectivity index (χ1v) is 8.52. The number of aromatic nitrogens is 3. The monoisotopic (exact) mass is 340 g/mol. The van der Waals surface area contributed by atoms with Crippen LogP contribution in [0.15, 0.2) is 43.1 Å². The second-order valence-electron chi connectivity index (χ2n) is 6.30. The summed E-state index contributed by atoms with van der Waals surface area (Å²) in [6.45, 7) is 1.70. The van der Waals surface area contributed by atoms with Gasteiger partial charge < -0.3 is 14.4 Å². The molecule has 4 rings (SSSR count). The van der Waals surface area contributed by atoms with E-state index in [9.17, 15) is 4.79 Å². The number of nitrogens with zero attached hydrogens (tertiary/aromatic N) is 4. The van der Waals surface area contributed by atoms with Gasteiger partial charge in [0.2, 0.25) is 0 Å². The molecule has 2 aromatic rings. The first-order valence-electron chi connectivity index (χ1n) is 8.52. The van der Waals surface area contributed by atoms with Crippen molar-refractivity contribution in [2.24, 2.45) is 0 Å². The van der Waals surface area contributed by atoms with Crippen LogP contribution in [-0.2, 0) is 16.1 Å². The lowest BCUT2D eigenvalue weighted by Gasteiger charge is -2.32. The molecule has 2 aromatic heterocycles. The van der Waals surface area contributed by atoms with Gasteiger partial charge in [-0.1, -0.05) is 0 Å². The minimum atomic E-state index is -0.140. The smallest absolute Gasteiger partial charge is 0.274 e. The highest BCUT2D eigenvalue weighted by Gasteiger charge is 2.47. The molecule has 0 unspecified atom stereocenters. The van der Waals surface area contributed by atoms with Gasteiger partial charge in [-0.15, -0.1) is 0 Å². The van der Waals surface area contributed by atoms with Crippen LogP contribution in [0.4, 0.5) is 0 Å². The molecule has 0 spiro atoms. The summed E-state index contributed by atoms with van der Waals surface area (Å²) in [6, 6.07) is 3.89. The Labute approximate surface area is 146 Å². The van der Waals surface area contributed by atoms with Crippen molar-refractivity contribution in [1.82, 2.24) is 19.9 Å². The third-order valence-electron chi connectivity index (χ3n) is 4.73. The summed E-state index contributed by atoms with van der Waals surface area (Å²) in [4.78, 5) is 26.8. The van der Waals surface area contributed by atoms with E-state index in [0.717, 1.165) is 18.4 Å². The Morgan fingerprint density at radius 1 is 1.24 bits per heavy atom. The summed E-state index contributed by atoms with van der Waals surface area (Å²) in [5.41, 5.74) is 1.42. The van der Waals surface area contributed by atoms with Crippen LogP contribution in [0.25, 0.3) is 0 Å². The molecule has 0 N–H and O–H groups in total. The highest BCUT2D eigenvalue weighted by atomic mass is 16.5. The van der Waals surface area contributed by atoms with Crippen molar-refractivity contribution in [3.8, 4) is 0 Å². The van der Waals surface area contributed by atoms with Crippen molar-refractivity contribution >= 4 is 5.91 Å². The SMILES string of the molecule is O=C(c1cnccn1)N1C[C@H](OCc2ccncc2)[C@H]2OCCC[C@H]21. The fraction of sp³-hybridized carbons (Fsp3) is 0.444. The third kappa shape index (κ3) is 3.38. The van der Waals surface area contributed by atoms with E-state index < -0.39 is 0 Å². The maximum atomic E-state index is 12.8. The summed E-state index contributed by atoms with van der Waals surface area (Å²) >= 11 is 0. The van der Waals surface area contributed by atoms with E-state index in [-0.39, 0.29) is 24.2 Å². The standard InChI is InChI=1S/C18H20N4O3/c23-18(14-10-20-7-8-21-14)22-11-16(17-15(22)2-1-9-24-17)25-12-13-3-5-19-6-4-13/h3-8,10,15-17H,1-2,9,11-12H2/t15-,16+,17+/m1/s1. The Balaban J connectivity index is 1.48. The predicted octanol–water partition coefficient (Wildman–Crippen LogP) is 1.46. The van der Waals surface area contributed by atoms with Gasteiger partial charge >= 0.3 is 0 Å². The Morgan fingerprint density at radius 2 is 2.12 bits per heavy atom. The number of amides is 1. The number of pyridine rings is 1. The molecule has 4 heterocycles. The van der Waals surface area contributed by atoms with Crippen molar-refractivity contribution in [2.75, 3.05) is 13.2 Å². The molecule has 130 valence electrons. The third-order valence-corrected chi connectivity index (χ3v) is 4.73. The average molecular weight is 340 g/mol. The minimum absolute atomic E-state index is 0.0331. The number of carbonyl (C=O) groups is 1. The van der Waals surface area contributed by atoms with Gasteiger partial charge in [0.1, 0.15) is 17.9 Å². The van der Waals surface area contributed by atoms with E-state index in [4.69, 9.17) is 9.47 Å². The lowest BCUT2D eigenvalue weighted by molar-refractivity contribution is -0.0809. The highest BCUT2D eigenvalue weighted by molar-refractivity contribution is 5.92. The number of carbonyl (C=O) groups excluding carboxylic acids is 1. The first kappa shape index (κ1) is 16.1. The topological polar surface area (TPSA) is 77.4 Å². The Kier molecular flexibility index (Phi) is 4.67. The molecule has 0 aliphatic carbocycles. The predicted molar refractivity (Wildman–Crippen MR) is 88.6 cm³/mol. The van der Waals surface area contributed by atoms with Crippen LogP contribution < -0.4 is 0 Å². The van der Waals surface area contributed by atoms with Gasteiger partial charge in [0, 0.05) is 31.4 Å². The summed E-state index contributed by atoms with van der Waals surface area (Å²) in [6.07, 6.45) is 9.74. The van der Waals surface area contributed by atoms with Crippen LogP contribution in [0.2, 0.25) is 0 Å². The lowest BCUT2D eigenvalue weighted by Crippen LogP contribution is -2.44. The van der Waals surface area contributed by atoms with Crippen molar-refractivity contribution < 1.29 is 14.3 Å². The molecular weight excluding hydrogens is 320 g/mol. The fourth-order valence-corrected chi connectivity index (χ4v) is 3.53. The number of ether oxygens (including phenoxy) is 2. The van der Waals surface area contributed by atoms with Gasteiger partial charge in [-0.3, -0.25) is 14.8 Å². The van der Waals surface area contributed by atoms with Gasteiger partial charge in [-0.05, 0) is 30.5 Å². The van der Waals surface area contributed by atoms with Crippen molar-refractivity contribution in [2.45, 2.75) is 37.7 Å². The Hall–Kier alpha value is -2.38. The fourth-order valence-electron chi connectivity index (χ4n) is 3.53. The largest absolute Gasteiger partial charge is 0.373 e. The normalized spacial score (nSPS) is 25.6. The molecule has 2 aliphatic heterocycles. The van der Waals surface area contributed by atoms with Crippen LogP contribution in [0, 0.1) is 0 Å². The van der Waals surface area contributed by atoms with Crippen molar-refractivity contribution in [3.05, 3.63) is 54.4 Å². The zero-order valence-corrected chi connectivity index (χ0v) is 13.8. The highest BCUT2D eigenvalue weighted by Crippen LogP contribution is 2.32. The van der Waals surface area contributed by atoms with E-state index in [0.29, 0.717) is 25.5 Å². The Morgan fingerprint density at radius 3 is 2.92 bits per heavy atom. The molecular formula is C18H20N4O3. The molecule has 25 heavy (non-hydrogen) atoms. The quantitative estimate of drug-likeness (QED) is 0.839. The molecule has 2 fully saturated rings. The van der Waals surface area contributed by atoms with Crippen LogP contribution in [-0.4, -0.2) is 57.2 Å². The zero-order chi connectivity index (χ0) is 17.1. The molecule has 2 saturated heterocycles. The number of likely N-dealkylation sites (tertiary alicyclic amines) is 1. The second kappa shape index (κ2) is 7.25. The van der Waals surface area contributed by atoms with Gasteiger partial charge in [0.15, 0.2) is 0 Å². The molecule has 0 radical (unpaired) electrons. The van der Waals surface area contributed by atoms with Crippen LogP contribution >= 0.6 is 0 Å². The van der Waals surface area contributed by atoms with E-state index in [2.05, 4.69) is 15.0 Å². The molecule has 3 atom stereocenters. The summed E-state index contributed by atoms with van der Waals surface area (Å²) < 4.78 is 12.0. The van der Waals surface area contributed by atoms with Gasteiger partial charge in [0.25, 0.3) is 5.91 Å². The summed E-state index contributed by atoms with van der Waals surface area (Å²) in [7, 11) is 0. The first-order chi connectivity index (χ1) is 12.3. The summed E-state index contributed by atoms with van der Waals surface area (Å²) in [5, 5.41) is 0. The number of fused-ring (bicyclic) bond motifs is 1. The molecule has 1 amide bonds. The van der Waals surface area contributed by atoms with Gasteiger partial charge in [-0.2, -0.15) is 0 Å². The molecule has 7 heteroatoms. The van der Waals surface area contributed by atoms with Gasteiger partial charge in [0.05, 0.1) is 25.4 Å². The van der Waals surface area contributed by atoms with E-state index in [1.54, 1.807) is 18.6 Å². The van der Waals surface area contributed by atoms with Gasteiger partial charge in [-0.25, -0.2) is 4.98 Å². The molecule has 7 nitrogen and oxygen atoms in total. The lowest BCUT2D eigenvalue weighted by atomic mass is 10.0. The number of rotatable bonds is 4. The van der Waals surface area contributed by atoms with Crippen LogP contribution in [0.5, 0.6) is 0 Å². The van der Waals surface area contributed by atoms with Crippen LogP contribution in [0.1, 0.15) is 28.9 Å². The van der Waals surface area contributed by atoms with E-state index in [1.807, 2.05) is 17.0 Å². The maximum Gasteiger partial charge on any atom is 0.274 e. The van der Waals surface area contributed by atoms with E-state index >= 15 is 0 Å². The molecule has 2 aliphatic rings. The average Bonchev–Trinajstić information content (AvgIpc) is 3.06. The summed E-state index contributed by atoms with van der Waals surface area (Å²) in [5.74, 6) is -0.108. The zero-order valence-electron chi connectivity index (χ0n) is 13.8. The van der Waals surface area contributed by atoms with Crippen LogP contribution in [0.3, 0.4) is 0 Å². The molecule has 0 aromatic carbocycles. The van der Waals surface area contributed by atoms with E-state index in [1.165, 1.54) is 12.4 Å². The molecule has 0 bridgehead atoms.